The van der Waals surface area contributed by atoms with Crippen molar-refractivity contribution in [2.45, 2.75) is 312 Å². The van der Waals surface area contributed by atoms with Gasteiger partial charge >= 0.3 is 31.8 Å². The molecular weight excluding hydrogens is 1650 g/mol. The normalized spacial score (nSPS) is 13.8. The molecule has 8 rings (SSSR count). The molecule has 0 bridgehead atoms. The number of aryl methyl sites for hydroxylation is 3. The second kappa shape index (κ2) is 53.4. The van der Waals surface area contributed by atoms with Crippen molar-refractivity contribution >= 4 is 80.5 Å². The molecule has 2 aliphatic carbocycles. The minimum Gasteiger partial charge on any atom is -0.478 e. The van der Waals surface area contributed by atoms with Crippen molar-refractivity contribution in [2.24, 2.45) is 0 Å². The fraction of sp³-hybridized carbons (Fsp3) is 0.589. The number of alkyl carbamates (subject to hydrolysis) is 1. The number of carbonyl (C=O) groups excluding carboxylic acids is 5. The van der Waals surface area contributed by atoms with Gasteiger partial charge in [0.25, 0.3) is 26.1 Å². The first kappa shape index (κ1) is 100. The summed E-state index contributed by atoms with van der Waals surface area (Å²) in [6.45, 7) is 4.25. The zero-order valence-corrected chi connectivity index (χ0v) is 74.6. The summed E-state index contributed by atoms with van der Waals surface area (Å²) in [6, 6.07) is 18.0. The molecule has 0 saturated carbocycles. The van der Waals surface area contributed by atoms with Crippen LogP contribution in [0.15, 0.2) is 93.2 Å². The number of amides is 3. The highest BCUT2D eigenvalue weighted by Gasteiger charge is 2.34. The van der Waals surface area contributed by atoms with Crippen LogP contribution < -0.4 is 27.0 Å². The number of nitrogens with one attached hydrogen (secondary N) is 4. The summed E-state index contributed by atoms with van der Waals surface area (Å²) >= 11 is 0. The molecule has 3 aromatic carbocycles. The Morgan fingerprint density at radius 3 is 1.83 bits per heavy atom. The number of aromatic carboxylic acids is 1. The number of ether oxygens (including phenoxy) is 3. The van der Waals surface area contributed by atoms with E-state index in [0.29, 0.717) is 90.0 Å². The number of fused-ring (bicyclic) bond motifs is 3. The Hall–Kier alpha value is -9.08. The van der Waals surface area contributed by atoms with Crippen molar-refractivity contribution in [3.8, 4) is 33.7 Å². The summed E-state index contributed by atoms with van der Waals surface area (Å²) in [4.78, 5) is 86.9. The molecule has 0 spiro atoms. The van der Waals surface area contributed by atoms with Gasteiger partial charge in [-0.15, -0.1) is 10.2 Å². The Bertz CT molecular complexity index is 4880. The molecular formula is C90H129N10O21PS2. The third-order valence-corrected chi connectivity index (χ3v) is 25.1. The highest BCUT2D eigenvalue weighted by Crippen LogP contribution is 2.47. The Morgan fingerprint density at radius 2 is 1.20 bits per heavy atom. The maximum Gasteiger partial charge on any atom is 0.472 e. The summed E-state index contributed by atoms with van der Waals surface area (Å²) in [5.41, 5.74) is 9.18. The standard InChI is InChI=1S/C90H129N10O21PS2/c1-3-5-7-9-11-13-15-17-19-21-23-25-33-44-80(102)116-63-69(119-81(103)45-34-26-24-22-20-18-16-14-12-10-8-6-4-2)64-118-122(108,109)117-60-58-93-79(101)43-32-28-37-59-100-62-67(96-99-100)47-55-78-70-42-38-41-68(48-50-72(70)83(98-97-78)65-39-30-27-31-40-65)120-90(107)95-57-36-29-35-56-94-88(104)66-46-49-71(75(61-66)89(105)106)82-73-51-53-76(91)86(123(110,111)112)84(73)121-85-74(82)52-54-77(92)87(85)124(113,114)115/h27,30-31,39-40,46,49,51-54,61-62,68-69,91H,3-26,28-29,32-38,41-45,47-48,50,55-60,63-64,92H2,1-2H3,(H,93,101)(H,94,104)(H,95,107)(H,105,106)(H,108,109)(H,110,111,112)(H,113,114,115)/t68?,69-/m1/s1. The van der Waals surface area contributed by atoms with Gasteiger partial charge in [-0.3, -0.25) is 47.4 Å². The number of esters is 2. The van der Waals surface area contributed by atoms with Crippen LogP contribution >= 0.6 is 7.82 Å². The lowest BCUT2D eigenvalue weighted by Crippen LogP contribution is -2.31. The molecule has 34 heteroatoms. The van der Waals surface area contributed by atoms with Crippen molar-refractivity contribution in [1.82, 2.24) is 41.1 Å². The first-order chi connectivity index (χ1) is 59.7. The van der Waals surface area contributed by atoms with E-state index in [4.69, 9.17) is 49.0 Å². The number of aromatic nitrogens is 5. The number of rotatable bonds is 60. The predicted octanol–water partition coefficient (Wildman–Crippen LogP) is 17.5. The lowest BCUT2D eigenvalue weighted by Gasteiger charge is -2.24. The van der Waals surface area contributed by atoms with Gasteiger partial charge in [-0.05, 0) is 143 Å². The molecule has 3 aliphatic rings. The molecule has 3 amide bonds. The molecule has 10 N–H and O–H groups in total. The summed E-state index contributed by atoms with van der Waals surface area (Å²) in [5, 5.41) is 44.6. The summed E-state index contributed by atoms with van der Waals surface area (Å²) in [5.74, 6) is -4.12. The lowest BCUT2D eigenvalue weighted by atomic mass is 9.88. The monoisotopic (exact) mass is 1780 g/mol. The molecule has 31 nitrogen and oxygen atoms in total. The number of nitrogens with two attached hydrogens (primary N) is 1. The van der Waals surface area contributed by atoms with Gasteiger partial charge in [0.15, 0.2) is 27.2 Å². The number of phosphoric ester groups is 1. The van der Waals surface area contributed by atoms with Gasteiger partial charge < -0.3 is 50.3 Å². The van der Waals surface area contributed by atoms with Crippen LogP contribution in [0.1, 0.15) is 301 Å². The molecule has 1 aliphatic heterocycles. The topological polar surface area (TPSA) is 470 Å². The van der Waals surface area contributed by atoms with Crippen LogP contribution in [0.25, 0.3) is 44.7 Å². The maximum atomic E-state index is 13.5. The van der Waals surface area contributed by atoms with Crippen LogP contribution in [-0.2, 0) is 94.7 Å². The number of anilines is 1. The van der Waals surface area contributed by atoms with Gasteiger partial charge in [0.2, 0.25) is 5.91 Å². The third-order valence-electron chi connectivity index (χ3n) is 22.3. The van der Waals surface area contributed by atoms with Crippen LogP contribution in [-0.4, -0.2) is 149 Å². The predicted molar refractivity (Wildman–Crippen MR) is 470 cm³/mol. The zero-order chi connectivity index (χ0) is 89.1. The van der Waals surface area contributed by atoms with Gasteiger partial charge in [0.05, 0.1) is 46.9 Å². The number of carbonyl (C=O) groups is 6. The molecule has 5 aromatic rings. The number of nitrogen functional groups attached to an aromatic ring is 1. The van der Waals surface area contributed by atoms with E-state index in [2.05, 4.69) is 40.1 Å². The molecule has 2 unspecified atom stereocenters. The minimum atomic E-state index is -5.24. The van der Waals surface area contributed by atoms with E-state index in [1.165, 1.54) is 140 Å². The zero-order valence-electron chi connectivity index (χ0n) is 72.1. The molecule has 3 heterocycles. The quantitative estimate of drug-likeness (QED) is 0.00325. The van der Waals surface area contributed by atoms with Gasteiger partial charge in [-0.25, -0.2) is 14.2 Å². The number of carboxylic acid groups (broad SMARTS) is 1. The molecule has 682 valence electrons. The highest BCUT2D eigenvalue weighted by atomic mass is 32.2. The van der Waals surface area contributed by atoms with Crippen molar-refractivity contribution in [1.29, 1.82) is 5.41 Å². The van der Waals surface area contributed by atoms with Crippen molar-refractivity contribution in [3.05, 3.63) is 118 Å². The number of carboxylic acids is 1. The first-order valence-electron chi connectivity index (χ1n) is 44.7. The van der Waals surface area contributed by atoms with E-state index in [9.17, 15) is 69.3 Å². The molecule has 3 atom stereocenters. The van der Waals surface area contributed by atoms with Gasteiger partial charge in [0.1, 0.15) is 12.7 Å². The third kappa shape index (κ3) is 34.4. The number of hydrogen-bond acceptors (Lipinski definition) is 23. The van der Waals surface area contributed by atoms with E-state index in [0.717, 1.165) is 103 Å². The molecule has 0 saturated heterocycles. The Morgan fingerprint density at radius 1 is 0.613 bits per heavy atom. The van der Waals surface area contributed by atoms with Crippen LogP contribution in [0.3, 0.4) is 0 Å². The van der Waals surface area contributed by atoms with Gasteiger partial charge in [-0.1, -0.05) is 216 Å². The van der Waals surface area contributed by atoms with Crippen LogP contribution in [0.5, 0.6) is 0 Å². The van der Waals surface area contributed by atoms with E-state index >= 15 is 0 Å². The lowest BCUT2D eigenvalue weighted by molar-refractivity contribution is -0.161. The maximum absolute atomic E-state index is 13.5. The van der Waals surface area contributed by atoms with E-state index in [1.807, 2.05) is 36.5 Å². The average molecular weight is 1780 g/mol. The first-order valence-corrected chi connectivity index (χ1v) is 49.1. The number of unbranched alkanes of at least 4 members (excludes halogenated alkanes) is 28. The second-order valence-corrected chi connectivity index (χ2v) is 36.4. The van der Waals surface area contributed by atoms with E-state index in [1.54, 1.807) is 4.68 Å². The number of phosphoric acid groups is 1. The smallest absolute Gasteiger partial charge is 0.472 e. The second-order valence-electron chi connectivity index (χ2n) is 32.2. The fourth-order valence-corrected chi connectivity index (χ4v) is 17.8. The Labute approximate surface area is 729 Å². The summed E-state index contributed by atoms with van der Waals surface area (Å²) < 4.78 is 119. The fourth-order valence-electron chi connectivity index (χ4n) is 15.6. The highest BCUT2D eigenvalue weighted by molar-refractivity contribution is 7.86. The largest absolute Gasteiger partial charge is 0.478 e. The molecule has 0 fully saturated rings. The van der Waals surface area contributed by atoms with Crippen LogP contribution in [0.2, 0.25) is 0 Å². The summed E-state index contributed by atoms with van der Waals surface area (Å²) in [6.07, 6.45) is 38.7. The van der Waals surface area contributed by atoms with E-state index in [-0.39, 0.29) is 91.8 Å². The van der Waals surface area contributed by atoms with Crippen molar-refractivity contribution in [2.75, 3.05) is 45.2 Å². The van der Waals surface area contributed by atoms with Crippen molar-refractivity contribution in [3.63, 3.8) is 0 Å². The Kier molecular flexibility index (Phi) is 43.2. The molecule has 124 heavy (non-hydrogen) atoms. The van der Waals surface area contributed by atoms with Crippen molar-refractivity contribution < 1.29 is 96.9 Å². The SMILES string of the molecule is CCCCCCCCCCCCCCCC(=O)OC[C@H](COP(=O)(O)OCCNC(=O)CCCCCn1cc(CCc2nnc(-c3ccccc3)c3c2CCCC(OC(=O)NCCCCCNC(=O)c2ccc(-c4c5ccc(=N)c(S(=O)(=O)O)c-5oc5c(S(=O)(=O)O)c(N)ccc45)c(C(=O)O)c2)CC3)nn1)OC(=O)CCCCCCCCCCCCCCC. The Balaban J connectivity index is 0.718. The average Bonchev–Trinajstić information content (AvgIpc) is 0.762. The number of hydrogen-bond donors (Lipinski definition) is 9. The minimum absolute atomic E-state index is 0.0561. The molecule has 2 aromatic heterocycles. The van der Waals surface area contributed by atoms with E-state index < -0.39 is 108 Å². The molecule has 0 radical (unpaired) electrons. The van der Waals surface area contributed by atoms with Gasteiger partial charge in [0, 0.05) is 79.3 Å². The number of benzene rings is 4. The number of nitrogens with zero attached hydrogens (tertiary/aromatic N) is 5. The van der Waals surface area contributed by atoms with Gasteiger partial charge in [-0.2, -0.15) is 21.9 Å². The van der Waals surface area contributed by atoms with Crippen LogP contribution in [0, 0.1) is 5.41 Å². The summed E-state index contributed by atoms with van der Waals surface area (Å²) in [7, 11) is -15.1. The van der Waals surface area contributed by atoms with Crippen LogP contribution in [0.4, 0.5) is 10.5 Å².